The van der Waals surface area contributed by atoms with Gasteiger partial charge in [-0.2, -0.15) is 5.10 Å². The van der Waals surface area contributed by atoms with Crippen molar-refractivity contribution in [3.63, 3.8) is 0 Å². The van der Waals surface area contributed by atoms with Crippen molar-refractivity contribution in [2.45, 2.75) is 25.9 Å². The summed E-state index contributed by atoms with van der Waals surface area (Å²) in [5.74, 6) is 0. The third-order valence-corrected chi connectivity index (χ3v) is 3.97. The van der Waals surface area contributed by atoms with Crippen LogP contribution in [0.5, 0.6) is 0 Å². The molecule has 2 N–H and O–H groups in total. The quantitative estimate of drug-likeness (QED) is 0.702. The lowest BCUT2D eigenvalue weighted by Gasteiger charge is -2.12. The van der Waals surface area contributed by atoms with Gasteiger partial charge in [-0.3, -0.25) is 4.98 Å². The molecule has 0 saturated carbocycles. The van der Waals surface area contributed by atoms with Crippen molar-refractivity contribution in [3.05, 3.63) is 66.6 Å². The highest BCUT2D eigenvalue weighted by Crippen LogP contribution is 2.23. The molecule has 1 atom stereocenters. The molecule has 3 rings (SSSR count). The van der Waals surface area contributed by atoms with Crippen molar-refractivity contribution in [1.82, 2.24) is 20.1 Å². The van der Waals surface area contributed by atoms with Crippen LogP contribution in [0.2, 0.25) is 0 Å². The lowest BCUT2D eigenvalue weighted by molar-refractivity contribution is 0.268. The highest BCUT2D eigenvalue weighted by Gasteiger charge is 2.13. The summed E-state index contributed by atoms with van der Waals surface area (Å²) in [6.45, 7) is 2.96. The Balaban J connectivity index is 1.91. The SMILES string of the molecule is CC(CCO)NCc1cn(-c2ccccc2)nc1-c1ccncc1. The van der Waals surface area contributed by atoms with Crippen LogP contribution >= 0.6 is 0 Å². The second-order valence-corrected chi connectivity index (χ2v) is 5.81. The van der Waals surface area contributed by atoms with Gasteiger partial charge in [-0.1, -0.05) is 18.2 Å². The Morgan fingerprint density at radius 1 is 1.12 bits per heavy atom. The lowest BCUT2D eigenvalue weighted by atomic mass is 10.1. The Kier molecular flexibility index (Phi) is 5.36. The summed E-state index contributed by atoms with van der Waals surface area (Å²) in [7, 11) is 0. The fourth-order valence-electron chi connectivity index (χ4n) is 2.58. The molecule has 0 aliphatic rings. The maximum absolute atomic E-state index is 9.06. The lowest BCUT2D eigenvalue weighted by Crippen LogP contribution is -2.26. The molecular formula is C19H22N4O. The number of para-hydroxylation sites is 1. The molecule has 0 fully saturated rings. The zero-order valence-corrected chi connectivity index (χ0v) is 13.8. The molecule has 24 heavy (non-hydrogen) atoms. The molecule has 124 valence electrons. The van der Waals surface area contributed by atoms with E-state index in [-0.39, 0.29) is 12.6 Å². The van der Waals surface area contributed by atoms with Crippen molar-refractivity contribution >= 4 is 0 Å². The molecule has 3 aromatic rings. The van der Waals surface area contributed by atoms with Crippen molar-refractivity contribution in [2.75, 3.05) is 6.61 Å². The van der Waals surface area contributed by atoms with Gasteiger partial charge in [-0.05, 0) is 37.6 Å². The van der Waals surface area contributed by atoms with Crippen LogP contribution in [0.15, 0.2) is 61.1 Å². The van der Waals surface area contributed by atoms with Crippen LogP contribution in [0.4, 0.5) is 0 Å². The highest BCUT2D eigenvalue weighted by molar-refractivity contribution is 5.62. The van der Waals surface area contributed by atoms with E-state index in [2.05, 4.69) is 23.4 Å². The van der Waals surface area contributed by atoms with Crippen molar-refractivity contribution in [2.24, 2.45) is 0 Å². The average Bonchev–Trinajstić information content (AvgIpc) is 3.06. The van der Waals surface area contributed by atoms with Gasteiger partial charge >= 0.3 is 0 Å². The van der Waals surface area contributed by atoms with Crippen molar-refractivity contribution in [3.8, 4) is 16.9 Å². The topological polar surface area (TPSA) is 63.0 Å². The molecule has 5 nitrogen and oxygen atoms in total. The monoisotopic (exact) mass is 322 g/mol. The maximum atomic E-state index is 9.06. The number of rotatable bonds is 7. The van der Waals surface area contributed by atoms with Crippen molar-refractivity contribution < 1.29 is 5.11 Å². The van der Waals surface area contributed by atoms with Gasteiger partial charge in [0.25, 0.3) is 0 Å². The van der Waals surface area contributed by atoms with E-state index in [9.17, 15) is 0 Å². The highest BCUT2D eigenvalue weighted by atomic mass is 16.3. The predicted molar refractivity (Wildman–Crippen MR) is 94.8 cm³/mol. The number of hydrogen-bond acceptors (Lipinski definition) is 4. The van der Waals surface area contributed by atoms with E-state index < -0.39 is 0 Å². The number of hydrogen-bond donors (Lipinski definition) is 2. The fraction of sp³-hybridized carbons (Fsp3) is 0.263. The Hall–Kier alpha value is -2.50. The van der Waals surface area contributed by atoms with E-state index in [0.717, 1.165) is 28.9 Å². The smallest absolute Gasteiger partial charge is 0.0973 e. The normalized spacial score (nSPS) is 12.2. The van der Waals surface area contributed by atoms with Gasteiger partial charge < -0.3 is 10.4 Å². The van der Waals surface area contributed by atoms with Gasteiger partial charge in [0.1, 0.15) is 0 Å². The summed E-state index contributed by atoms with van der Waals surface area (Å²) in [4.78, 5) is 4.09. The summed E-state index contributed by atoms with van der Waals surface area (Å²) >= 11 is 0. The van der Waals surface area contributed by atoms with Crippen LogP contribution in [0.25, 0.3) is 16.9 Å². The molecule has 1 unspecified atom stereocenters. The van der Waals surface area contributed by atoms with Crippen LogP contribution in [-0.4, -0.2) is 32.5 Å². The van der Waals surface area contributed by atoms with Crippen LogP contribution in [0.1, 0.15) is 18.9 Å². The number of aliphatic hydroxyl groups excluding tert-OH is 1. The molecule has 0 bridgehead atoms. The van der Waals surface area contributed by atoms with Crippen LogP contribution in [0.3, 0.4) is 0 Å². The largest absolute Gasteiger partial charge is 0.396 e. The minimum Gasteiger partial charge on any atom is -0.396 e. The van der Waals surface area contributed by atoms with Gasteiger partial charge in [-0.25, -0.2) is 4.68 Å². The number of benzene rings is 1. The Labute approximate surface area is 142 Å². The predicted octanol–water partition coefficient (Wildman–Crippen LogP) is 2.79. The summed E-state index contributed by atoms with van der Waals surface area (Å²) < 4.78 is 1.91. The second-order valence-electron chi connectivity index (χ2n) is 5.81. The van der Waals surface area contributed by atoms with E-state index in [1.54, 1.807) is 12.4 Å². The Bertz CT molecular complexity index is 756. The van der Waals surface area contributed by atoms with Gasteiger partial charge in [0.15, 0.2) is 0 Å². The number of aliphatic hydroxyl groups is 1. The summed E-state index contributed by atoms with van der Waals surface area (Å²) in [5.41, 5.74) is 4.15. The molecule has 2 heterocycles. The summed E-state index contributed by atoms with van der Waals surface area (Å²) in [5, 5.41) is 17.3. The Morgan fingerprint density at radius 3 is 2.58 bits per heavy atom. The number of nitrogens with one attached hydrogen (secondary N) is 1. The average molecular weight is 322 g/mol. The number of nitrogens with zero attached hydrogens (tertiary/aromatic N) is 3. The van der Waals surface area contributed by atoms with Gasteiger partial charge in [0.05, 0.1) is 11.4 Å². The van der Waals surface area contributed by atoms with Crippen molar-refractivity contribution in [1.29, 1.82) is 0 Å². The zero-order chi connectivity index (χ0) is 16.8. The zero-order valence-electron chi connectivity index (χ0n) is 13.8. The van der Waals surface area contributed by atoms with E-state index >= 15 is 0 Å². The molecule has 0 radical (unpaired) electrons. The Morgan fingerprint density at radius 2 is 1.88 bits per heavy atom. The second kappa shape index (κ2) is 7.86. The van der Waals surface area contributed by atoms with E-state index in [1.807, 2.05) is 47.1 Å². The van der Waals surface area contributed by atoms with E-state index in [0.29, 0.717) is 6.54 Å². The standard InChI is InChI=1S/C19H22N4O/c1-15(9-12-24)21-13-17-14-23(18-5-3-2-4-6-18)22-19(17)16-7-10-20-11-8-16/h2-8,10-11,14-15,21,24H,9,12-13H2,1H3. The molecule has 0 saturated heterocycles. The first-order valence-corrected chi connectivity index (χ1v) is 8.16. The molecule has 0 aliphatic carbocycles. The molecular weight excluding hydrogens is 300 g/mol. The third kappa shape index (κ3) is 3.88. The first kappa shape index (κ1) is 16.4. The molecule has 5 heteroatoms. The van der Waals surface area contributed by atoms with Crippen LogP contribution in [0, 0.1) is 0 Å². The first-order chi connectivity index (χ1) is 11.8. The maximum Gasteiger partial charge on any atom is 0.0973 e. The summed E-state index contributed by atoms with van der Waals surface area (Å²) in [6, 6.07) is 14.3. The molecule has 0 spiro atoms. The van der Waals surface area contributed by atoms with Gasteiger partial charge in [-0.15, -0.1) is 0 Å². The fourth-order valence-corrected chi connectivity index (χ4v) is 2.58. The third-order valence-electron chi connectivity index (χ3n) is 3.97. The summed E-state index contributed by atoms with van der Waals surface area (Å²) in [6.07, 6.45) is 6.35. The molecule has 0 amide bonds. The van der Waals surface area contributed by atoms with Crippen LogP contribution < -0.4 is 5.32 Å². The minimum absolute atomic E-state index is 0.189. The van der Waals surface area contributed by atoms with Crippen LogP contribution in [-0.2, 0) is 6.54 Å². The molecule has 2 aromatic heterocycles. The van der Waals surface area contributed by atoms with Gasteiger partial charge in [0, 0.05) is 48.9 Å². The van der Waals surface area contributed by atoms with Gasteiger partial charge in [0.2, 0.25) is 0 Å². The van der Waals surface area contributed by atoms with E-state index in [1.165, 1.54) is 0 Å². The molecule has 1 aromatic carbocycles. The number of pyridine rings is 1. The number of aromatic nitrogens is 3. The first-order valence-electron chi connectivity index (χ1n) is 8.16. The minimum atomic E-state index is 0.189. The van der Waals surface area contributed by atoms with E-state index in [4.69, 9.17) is 10.2 Å². The molecule has 0 aliphatic heterocycles.